The van der Waals surface area contributed by atoms with Crippen LogP contribution in [0.15, 0.2) is 65.9 Å². The van der Waals surface area contributed by atoms with E-state index in [2.05, 4.69) is 30.5 Å². The lowest BCUT2D eigenvalue weighted by atomic mass is 10.1. The number of rotatable bonds is 10. The number of nitrogens with one attached hydrogen (secondary N) is 1. The number of nitrogens with zero attached hydrogens (tertiary/aromatic N) is 6. The van der Waals surface area contributed by atoms with Gasteiger partial charge in [-0.15, -0.1) is 5.10 Å². The first-order valence-electron chi connectivity index (χ1n) is 14.1. The number of carbonyl (C=O) groups excluding carboxylic acids is 1. The van der Waals surface area contributed by atoms with Crippen LogP contribution in [0.5, 0.6) is 23.0 Å². The zero-order valence-electron chi connectivity index (χ0n) is 25.9. The van der Waals surface area contributed by atoms with Gasteiger partial charge in [-0.2, -0.15) is 5.10 Å². The van der Waals surface area contributed by atoms with Crippen molar-refractivity contribution >= 4 is 40.5 Å². The quantitative estimate of drug-likeness (QED) is 0.179. The number of aromatic nitrogens is 4. The number of halogens is 1. The lowest BCUT2D eigenvalue weighted by molar-refractivity contribution is -0.0225. The van der Waals surface area contributed by atoms with E-state index in [1.807, 2.05) is 20.8 Å². The van der Waals surface area contributed by atoms with E-state index in [0.717, 1.165) is 0 Å². The maximum atomic E-state index is 15.2. The first kappa shape index (κ1) is 31.7. The van der Waals surface area contributed by atoms with E-state index >= 15 is 4.39 Å². The Hall–Kier alpha value is -5.73. The maximum Gasteiger partial charge on any atom is 0.410 e. The molecule has 5 rings (SSSR count). The zero-order valence-corrected chi connectivity index (χ0v) is 25.9. The molecule has 1 fully saturated rings. The monoisotopic (exact) mass is 632 g/mol. The third-order valence-corrected chi connectivity index (χ3v) is 6.44. The normalized spacial score (nSPS) is 13.8. The van der Waals surface area contributed by atoms with Crippen LogP contribution in [0.2, 0.25) is 0 Å². The molecule has 15 heteroatoms. The molecule has 3 heterocycles. The molecule has 1 saturated heterocycles. The summed E-state index contributed by atoms with van der Waals surface area (Å²) in [7, 11) is 3.03. The molecule has 0 spiro atoms. The summed E-state index contributed by atoms with van der Waals surface area (Å²) < 4.78 is 42.9. The van der Waals surface area contributed by atoms with Crippen molar-refractivity contribution < 1.29 is 32.9 Å². The van der Waals surface area contributed by atoms with Crippen molar-refractivity contribution in [1.82, 2.24) is 25.1 Å². The van der Waals surface area contributed by atoms with Crippen LogP contribution in [0, 0.1) is 5.82 Å². The fraction of sp³-hybridized carbons (Fsp3) is 0.290. The molecule has 46 heavy (non-hydrogen) atoms. The number of hydrogen-bond acceptors (Lipinski definition) is 13. The summed E-state index contributed by atoms with van der Waals surface area (Å²) in [4.78, 5) is 26.6. The highest BCUT2D eigenvalue weighted by Crippen LogP contribution is 2.37. The summed E-state index contributed by atoms with van der Waals surface area (Å²) in [5.74, 6) is 1.56. The van der Waals surface area contributed by atoms with Crippen molar-refractivity contribution in [2.24, 2.45) is 10.7 Å². The van der Waals surface area contributed by atoms with Gasteiger partial charge in [-0.25, -0.2) is 24.1 Å². The minimum atomic E-state index is -0.612. The Balaban J connectivity index is 1.27. The molecule has 0 radical (unpaired) electrons. The van der Waals surface area contributed by atoms with Gasteiger partial charge >= 0.3 is 6.09 Å². The van der Waals surface area contributed by atoms with Crippen molar-refractivity contribution in [2.75, 3.05) is 32.6 Å². The number of nitrogens with two attached hydrogens (primary N) is 1. The third kappa shape index (κ3) is 7.85. The Morgan fingerprint density at radius 3 is 2.61 bits per heavy atom. The lowest BCUT2D eigenvalue weighted by Crippen LogP contribution is -2.57. The summed E-state index contributed by atoms with van der Waals surface area (Å²) in [6.07, 6.45) is 4.91. The van der Waals surface area contributed by atoms with Gasteiger partial charge in [0.1, 0.15) is 41.2 Å². The van der Waals surface area contributed by atoms with E-state index in [0.29, 0.717) is 52.9 Å². The molecule has 3 N–H and O–H groups in total. The predicted octanol–water partition coefficient (Wildman–Crippen LogP) is 4.90. The molecule has 0 atom stereocenters. The number of ether oxygens (including phenoxy) is 5. The highest BCUT2D eigenvalue weighted by atomic mass is 19.1. The van der Waals surface area contributed by atoms with E-state index in [4.69, 9.17) is 29.4 Å². The first-order valence-corrected chi connectivity index (χ1v) is 14.1. The van der Waals surface area contributed by atoms with E-state index in [1.165, 1.54) is 51.2 Å². The smallest absolute Gasteiger partial charge is 0.410 e. The van der Waals surface area contributed by atoms with Gasteiger partial charge < -0.3 is 39.6 Å². The Kier molecular flexibility index (Phi) is 9.30. The number of amides is 1. The average Bonchev–Trinajstić information content (AvgIpc) is 2.99. The van der Waals surface area contributed by atoms with Gasteiger partial charge in [0.05, 0.1) is 44.7 Å². The number of fused-ring (bicyclic) bond motifs is 1. The fourth-order valence-electron chi connectivity index (χ4n) is 4.24. The van der Waals surface area contributed by atoms with Gasteiger partial charge in [-0.05, 0) is 39.0 Å². The SMILES string of the molecule is COc1cnnc(N=C/C=C(\N)Oc2ccc(Nc3ncnc4cc(OC)c(OC5CN(C(=O)OC(C)(C)C)C5)cc34)c(F)c2)c1. The molecule has 0 aliphatic carbocycles. The van der Waals surface area contributed by atoms with E-state index in [-0.39, 0.29) is 23.4 Å². The molecule has 0 bridgehead atoms. The average molecular weight is 633 g/mol. The van der Waals surface area contributed by atoms with Crippen LogP contribution in [0.4, 0.5) is 26.5 Å². The molecule has 14 nitrogen and oxygen atoms in total. The van der Waals surface area contributed by atoms with Gasteiger partial charge in [0.25, 0.3) is 0 Å². The van der Waals surface area contributed by atoms with Gasteiger partial charge in [-0.3, -0.25) is 0 Å². The van der Waals surface area contributed by atoms with E-state index in [9.17, 15) is 4.79 Å². The standard InChI is InChI=1S/C31H33FN8O6/c1-31(2,3)46-30(41)40-15-20(16-40)44-26-12-21-24(13-25(26)43-5)35-17-36-29(21)38-23-7-6-18(10-22(23)32)45-27(33)8-9-34-28-11-19(42-4)14-37-39-28/h6-14,17,20H,15-16,33H2,1-5H3,(H,35,36,38)/b27-8+,34-9?. The molecule has 1 aliphatic heterocycles. The van der Waals surface area contributed by atoms with Crippen LogP contribution in [0.25, 0.3) is 10.9 Å². The van der Waals surface area contributed by atoms with Crippen molar-refractivity contribution in [3.63, 3.8) is 0 Å². The van der Waals surface area contributed by atoms with Crippen molar-refractivity contribution in [2.45, 2.75) is 32.5 Å². The second-order valence-electron chi connectivity index (χ2n) is 11.0. The van der Waals surface area contributed by atoms with Crippen LogP contribution in [-0.2, 0) is 4.74 Å². The van der Waals surface area contributed by atoms with Crippen molar-refractivity contribution in [3.05, 3.63) is 66.7 Å². The van der Waals surface area contributed by atoms with Gasteiger partial charge in [-0.1, -0.05) is 0 Å². The molecule has 1 amide bonds. The second kappa shape index (κ2) is 13.5. The van der Waals surface area contributed by atoms with Gasteiger partial charge in [0.15, 0.2) is 23.2 Å². The van der Waals surface area contributed by atoms with Gasteiger partial charge in [0.2, 0.25) is 0 Å². The number of methoxy groups -OCH3 is 2. The summed E-state index contributed by atoms with van der Waals surface area (Å²) in [6.45, 7) is 6.15. The summed E-state index contributed by atoms with van der Waals surface area (Å²) in [6, 6.07) is 9.23. The Morgan fingerprint density at radius 1 is 1.09 bits per heavy atom. The van der Waals surface area contributed by atoms with E-state index in [1.54, 1.807) is 29.2 Å². The van der Waals surface area contributed by atoms with Crippen molar-refractivity contribution in [1.29, 1.82) is 0 Å². The van der Waals surface area contributed by atoms with Crippen LogP contribution >= 0.6 is 0 Å². The number of benzene rings is 2. The lowest BCUT2D eigenvalue weighted by Gasteiger charge is -2.39. The molecule has 2 aromatic carbocycles. The topological polar surface area (TPSA) is 168 Å². The summed E-state index contributed by atoms with van der Waals surface area (Å²) in [5.41, 5.74) is 6.01. The van der Waals surface area contributed by atoms with Gasteiger partial charge in [0, 0.05) is 35.9 Å². The highest BCUT2D eigenvalue weighted by molar-refractivity contribution is 5.93. The summed E-state index contributed by atoms with van der Waals surface area (Å²) in [5, 5.41) is 11.2. The zero-order chi connectivity index (χ0) is 32.8. The van der Waals surface area contributed by atoms with Crippen LogP contribution in [-0.4, -0.2) is 76.4 Å². The van der Waals surface area contributed by atoms with Crippen molar-refractivity contribution in [3.8, 4) is 23.0 Å². The van der Waals surface area contributed by atoms with Crippen LogP contribution in [0.3, 0.4) is 0 Å². The highest BCUT2D eigenvalue weighted by Gasteiger charge is 2.35. The molecule has 1 aliphatic rings. The molecule has 2 aromatic heterocycles. The number of carbonyl (C=O) groups is 1. The maximum absolute atomic E-state index is 15.2. The van der Waals surface area contributed by atoms with Crippen LogP contribution in [0.1, 0.15) is 20.8 Å². The number of hydrogen-bond donors (Lipinski definition) is 2. The molecular weight excluding hydrogens is 599 g/mol. The number of likely N-dealkylation sites (tertiary alicyclic amines) is 1. The Morgan fingerprint density at radius 2 is 1.89 bits per heavy atom. The first-order chi connectivity index (χ1) is 22.0. The molecular formula is C31H33FN8O6. The minimum absolute atomic E-state index is 0.0244. The fourth-order valence-corrected chi connectivity index (χ4v) is 4.24. The molecule has 0 unspecified atom stereocenters. The van der Waals surface area contributed by atoms with Crippen LogP contribution < -0.4 is 30.0 Å². The predicted molar refractivity (Wildman–Crippen MR) is 168 cm³/mol. The molecule has 4 aromatic rings. The Labute approximate surface area is 264 Å². The number of allylic oxidation sites excluding steroid dienone is 1. The second-order valence-corrected chi connectivity index (χ2v) is 11.0. The largest absolute Gasteiger partial charge is 0.495 e. The number of aliphatic imine (C=N–C) groups is 1. The number of anilines is 2. The van der Waals surface area contributed by atoms with E-state index < -0.39 is 17.5 Å². The Bertz CT molecular complexity index is 1790. The minimum Gasteiger partial charge on any atom is -0.495 e. The summed E-state index contributed by atoms with van der Waals surface area (Å²) >= 11 is 0. The third-order valence-electron chi connectivity index (χ3n) is 6.44. The molecule has 0 saturated carbocycles. The molecule has 240 valence electrons.